The second kappa shape index (κ2) is 6.65. The number of nitrogens with zero attached hydrogens (tertiary/aromatic N) is 3. The highest BCUT2D eigenvalue weighted by Gasteiger charge is 2.46. The first kappa shape index (κ1) is 16.4. The number of aromatic nitrogens is 2. The number of carbonyl (C=O) groups is 1. The first-order valence-electron chi connectivity index (χ1n) is 8.87. The van der Waals surface area contributed by atoms with Gasteiger partial charge < -0.3 is 24.1 Å². The molecule has 25 heavy (non-hydrogen) atoms. The van der Waals surface area contributed by atoms with E-state index in [1.807, 2.05) is 46.8 Å². The summed E-state index contributed by atoms with van der Waals surface area (Å²) in [6.45, 7) is 5.07. The molecule has 2 unspecified atom stereocenters. The van der Waals surface area contributed by atoms with E-state index in [0.717, 1.165) is 17.8 Å². The van der Waals surface area contributed by atoms with E-state index >= 15 is 0 Å². The molecule has 2 amide bonds. The SMILES string of the molecule is CC1OCCC12CN(C(=O)NCCc1cn3ccccc3n1)CCO2. The van der Waals surface area contributed by atoms with Crippen LogP contribution in [0.3, 0.4) is 0 Å². The molecule has 2 aromatic rings. The van der Waals surface area contributed by atoms with Crippen molar-refractivity contribution in [2.45, 2.75) is 31.5 Å². The summed E-state index contributed by atoms with van der Waals surface area (Å²) < 4.78 is 13.6. The van der Waals surface area contributed by atoms with Crippen LogP contribution >= 0.6 is 0 Å². The van der Waals surface area contributed by atoms with Gasteiger partial charge in [-0.15, -0.1) is 0 Å². The molecule has 7 heteroatoms. The van der Waals surface area contributed by atoms with Crippen molar-refractivity contribution < 1.29 is 14.3 Å². The second-order valence-electron chi connectivity index (χ2n) is 6.78. The molecule has 4 rings (SSSR count). The van der Waals surface area contributed by atoms with Crippen LogP contribution in [0.2, 0.25) is 0 Å². The van der Waals surface area contributed by atoms with Gasteiger partial charge in [0.1, 0.15) is 11.2 Å². The third-order valence-electron chi connectivity index (χ3n) is 5.20. The van der Waals surface area contributed by atoms with Crippen molar-refractivity contribution in [3.05, 3.63) is 36.3 Å². The fourth-order valence-corrected chi connectivity index (χ4v) is 3.66. The van der Waals surface area contributed by atoms with Gasteiger partial charge in [0.15, 0.2) is 0 Å². The Balaban J connectivity index is 1.31. The van der Waals surface area contributed by atoms with E-state index in [0.29, 0.717) is 39.3 Å². The predicted molar refractivity (Wildman–Crippen MR) is 92.6 cm³/mol. The van der Waals surface area contributed by atoms with Crippen LogP contribution in [-0.2, 0) is 15.9 Å². The second-order valence-corrected chi connectivity index (χ2v) is 6.78. The van der Waals surface area contributed by atoms with E-state index in [1.54, 1.807) is 0 Å². The third-order valence-corrected chi connectivity index (χ3v) is 5.20. The van der Waals surface area contributed by atoms with Crippen molar-refractivity contribution in [3.63, 3.8) is 0 Å². The van der Waals surface area contributed by atoms with Gasteiger partial charge in [0.05, 0.1) is 24.9 Å². The number of pyridine rings is 1. The fraction of sp³-hybridized carbons (Fsp3) is 0.556. The van der Waals surface area contributed by atoms with Crippen molar-refractivity contribution in [3.8, 4) is 0 Å². The van der Waals surface area contributed by atoms with Crippen LogP contribution in [0.5, 0.6) is 0 Å². The maximum Gasteiger partial charge on any atom is 0.317 e. The molecule has 2 aliphatic rings. The number of ether oxygens (including phenoxy) is 2. The molecule has 2 atom stereocenters. The molecule has 2 saturated heterocycles. The maximum absolute atomic E-state index is 12.5. The summed E-state index contributed by atoms with van der Waals surface area (Å²) in [5.74, 6) is 0. The van der Waals surface area contributed by atoms with Crippen LogP contribution in [0.15, 0.2) is 30.6 Å². The van der Waals surface area contributed by atoms with Crippen LogP contribution in [0.1, 0.15) is 19.0 Å². The molecule has 1 spiro atoms. The Morgan fingerprint density at radius 2 is 2.36 bits per heavy atom. The first-order valence-corrected chi connectivity index (χ1v) is 8.87. The molecule has 2 aromatic heterocycles. The summed E-state index contributed by atoms with van der Waals surface area (Å²) in [5, 5.41) is 3.01. The minimum Gasteiger partial charge on any atom is -0.375 e. The molecule has 2 fully saturated rings. The largest absolute Gasteiger partial charge is 0.375 e. The Bertz CT molecular complexity index is 729. The Kier molecular flexibility index (Phi) is 4.35. The zero-order chi connectivity index (χ0) is 17.3. The summed E-state index contributed by atoms with van der Waals surface area (Å²) in [7, 11) is 0. The van der Waals surface area contributed by atoms with Gasteiger partial charge in [0.25, 0.3) is 0 Å². The van der Waals surface area contributed by atoms with E-state index in [9.17, 15) is 4.79 Å². The standard InChI is InChI=1S/C18H24N4O3/c1-14-18(6-10-24-14)13-22(9-11-25-18)17(23)19-7-5-15-12-21-8-3-2-4-16(21)20-15/h2-4,8,12,14H,5-7,9-11,13H2,1H3,(H,19,23). The molecule has 0 aromatic carbocycles. The lowest BCUT2D eigenvalue weighted by atomic mass is 9.94. The number of amides is 2. The van der Waals surface area contributed by atoms with E-state index in [4.69, 9.17) is 9.47 Å². The van der Waals surface area contributed by atoms with E-state index in [1.165, 1.54) is 0 Å². The molecule has 2 aliphatic heterocycles. The predicted octanol–water partition coefficient (Wildman–Crippen LogP) is 1.47. The number of morpholine rings is 1. The van der Waals surface area contributed by atoms with E-state index in [2.05, 4.69) is 10.3 Å². The molecule has 1 N–H and O–H groups in total. The van der Waals surface area contributed by atoms with Gasteiger partial charge in [-0.05, 0) is 19.1 Å². The molecule has 134 valence electrons. The topological polar surface area (TPSA) is 68.1 Å². The molecule has 0 saturated carbocycles. The Morgan fingerprint density at radius 3 is 3.16 bits per heavy atom. The van der Waals surface area contributed by atoms with Crippen LogP contribution in [0.25, 0.3) is 5.65 Å². The van der Waals surface area contributed by atoms with Crippen molar-refractivity contribution in [1.29, 1.82) is 0 Å². The lowest BCUT2D eigenvalue weighted by molar-refractivity contribution is -0.125. The summed E-state index contributed by atoms with van der Waals surface area (Å²) in [6.07, 6.45) is 5.56. The zero-order valence-electron chi connectivity index (χ0n) is 14.5. The number of imidazole rings is 1. The van der Waals surface area contributed by atoms with Crippen LogP contribution in [0.4, 0.5) is 4.79 Å². The summed E-state index contributed by atoms with van der Waals surface area (Å²) >= 11 is 0. The molecule has 4 heterocycles. The van der Waals surface area contributed by atoms with Crippen molar-refractivity contribution in [1.82, 2.24) is 19.6 Å². The molecular formula is C18H24N4O3. The highest BCUT2D eigenvalue weighted by atomic mass is 16.6. The van der Waals surface area contributed by atoms with Crippen LogP contribution in [-0.4, -0.2) is 64.9 Å². The summed E-state index contributed by atoms with van der Waals surface area (Å²) in [4.78, 5) is 18.9. The molecule has 0 bridgehead atoms. The van der Waals surface area contributed by atoms with Crippen LogP contribution < -0.4 is 5.32 Å². The molecule has 0 radical (unpaired) electrons. The number of hydrogen-bond acceptors (Lipinski definition) is 4. The lowest BCUT2D eigenvalue weighted by Crippen LogP contribution is -2.58. The zero-order valence-corrected chi connectivity index (χ0v) is 14.5. The third kappa shape index (κ3) is 3.21. The van der Waals surface area contributed by atoms with Crippen LogP contribution in [0, 0.1) is 0 Å². The Hall–Kier alpha value is -2.12. The van der Waals surface area contributed by atoms with Crippen molar-refractivity contribution in [2.24, 2.45) is 0 Å². The number of rotatable bonds is 3. The van der Waals surface area contributed by atoms with Gasteiger partial charge in [0.2, 0.25) is 0 Å². The van der Waals surface area contributed by atoms with Gasteiger partial charge in [-0.2, -0.15) is 0 Å². The lowest BCUT2D eigenvalue weighted by Gasteiger charge is -2.41. The highest BCUT2D eigenvalue weighted by Crippen LogP contribution is 2.32. The monoisotopic (exact) mass is 344 g/mol. The molecule has 0 aliphatic carbocycles. The summed E-state index contributed by atoms with van der Waals surface area (Å²) in [5.41, 5.74) is 1.56. The quantitative estimate of drug-likeness (QED) is 0.915. The van der Waals surface area contributed by atoms with Gasteiger partial charge >= 0.3 is 6.03 Å². The normalized spacial score (nSPS) is 26.4. The smallest absolute Gasteiger partial charge is 0.317 e. The van der Waals surface area contributed by atoms with E-state index < -0.39 is 0 Å². The average Bonchev–Trinajstić information content (AvgIpc) is 3.18. The Morgan fingerprint density at radius 1 is 1.44 bits per heavy atom. The minimum atomic E-state index is -0.336. The van der Waals surface area contributed by atoms with Gasteiger partial charge in [-0.1, -0.05) is 6.07 Å². The summed E-state index contributed by atoms with van der Waals surface area (Å²) in [6, 6.07) is 5.88. The van der Waals surface area contributed by atoms with Gasteiger partial charge in [-0.25, -0.2) is 9.78 Å². The van der Waals surface area contributed by atoms with Crippen molar-refractivity contribution >= 4 is 11.7 Å². The van der Waals surface area contributed by atoms with E-state index in [-0.39, 0.29) is 17.7 Å². The van der Waals surface area contributed by atoms with Gasteiger partial charge in [-0.3, -0.25) is 0 Å². The molecule has 7 nitrogen and oxygen atoms in total. The van der Waals surface area contributed by atoms with Crippen molar-refractivity contribution in [2.75, 3.05) is 32.8 Å². The molecular weight excluding hydrogens is 320 g/mol. The fourth-order valence-electron chi connectivity index (χ4n) is 3.66. The van der Waals surface area contributed by atoms with Gasteiger partial charge in [0, 0.05) is 44.9 Å². The average molecular weight is 344 g/mol. The number of urea groups is 1. The minimum absolute atomic E-state index is 0.0288. The highest BCUT2D eigenvalue weighted by molar-refractivity contribution is 5.74. The number of carbonyl (C=O) groups excluding carboxylic acids is 1. The number of nitrogens with one attached hydrogen (secondary N) is 1. The number of fused-ring (bicyclic) bond motifs is 1. The Labute approximate surface area is 146 Å². The first-order chi connectivity index (χ1) is 12.2. The maximum atomic E-state index is 12.5. The number of hydrogen-bond donors (Lipinski definition) is 1.